The number of rotatable bonds is 3. The molecule has 130 valence electrons. The summed E-state index contributed by atoms with van der Waals surface area (Å²) < 4.78 is 0. The molecule has 0 aliphatic carbocycles. The van der Waals surface area contributed by atoms with Crippen molar-refractivity contribution in [2.45, 2.75) is 38.3 Å². The van der Waals surface area contributed by atoms with Gasteiger partial charge in [-0.25, -0.2) is 4.98 Å². The highest BCUT2D eigenvalue weighted by Gasteiger charge is 2.19. The minimum Gasteiger partial charge on any atom is -0.382 e. The van der Waals surface area contributed by atoms with E-state index in [1.165, 1.54) is 11.3 Å². The molecule has 2 aliphatic rings. The van der Waals surface area contributed by atoms with Gasteiger partial charge in [-0.3, -0.25) is 9.78 Å². The van der Waals surface area contributed by atoms with Crippen LogP contribution in [-0.2, 0) is 6.42 Å². The average Bonchev–Trinajstić information content (AvgIpc) is 3.02. The van der Waals surface area contributed by atoms with E-state index in [0.29, 0.717) is 11.7 Å². The second-order valence-electron chi connectivity index (χ2n) is 6.91. The van der Waals surface area contributed by atoms with Gasteiger partial charge in [0.15, 0.2) is 0 Å². The van der Waals surface area contributed by atoms with E-state index >= 15 is 0 Å². The fourth-order valence-corrected chi connectivity index (χ4v) is 3.53. The third-order valence-corrected chi connectivity index (χ3v) is 4.89. The molecule has 2 aliphatic heterocycles. The van der Waals surface area contributed by atoms with Crippen LogP contribution in [0.5, 0.6) is 0 Å². The Labute approximate surface area is 147 Å². The Morgan fingerprint density at radius 2 is 2.04 bits per heavy atom. The Morgan fingerprint density at radius 1 is 1.20 bits per heavy atom. The lowest BCUT2D eigenvalue weighted by Gasteiger charge is -2.23. The average molecular weight is 337 g/mol. The van der Waals surface area contributed by atoms with Gasteiger partial charge in [-0.1, -0.05) is 6.07 Å². The van der Waals surface area contributed by atoms with Gasteiger partial charge < -0.3 is 16.0 Å². The summed E-state index contributed by atoms with van der Waals surface area (Å²) in [5.74, 6) is -0.141. The summed E-state index contributed by atoms with van der Waals surface area (Å²) in [5, 5.41) is 9.78. The Bertz CT molecular complexity index is 768. The number of nitrogens with zero attached hydrogens (tertiary/aromatic N) is 2. The van der Waals surface area contributed by atoms with Crippen molar-refractivity contribution in [2.24, 2.45) is 0 Å². The minimum absolute atomic E-state index is 0.141. The van der Waals surface area contributed by atoms with Crippen molar-refractivity contribution >= 4 is 11.6 Å². The van der Waals surface area contributed by atoms with Gasteiger partial charge >= 0.3 is 0 Å². The summed E-state index contributed by atoms with van der Waals surface area (Å²) in [4.78, 5) is 21.1. The molecule has 6 heteroatoms. The predicted molar refractivity (Wildman–Crippen MR) is 97.6 cm³/mol. The second-order valence-corrected chi connectivity index (χ2v) is 6.91. The van der Waals surface area contributed by atoms with Crippen molar-refractivity contribution in [3.8, 4) is 11.3 Å². The van der Waals surface area contributed by atoms with Crippen LogP contribution in [0.2, 0.25) is 0 Å². The molecule has 3 N–H and O–H groups in total. The number of hydrogen-bond acceptors (Lipinski definition) is 5. The number of carbonyl (C=O) groups excluding carboxylic acids is 1. The monoisotopic (exact) mass is 337 g/mol. The zero-order valence-corrected chi connectivity index (χ0v) is 14.4. The number of fused-ring (bicyclic) bond motifs is 1. The topological polar surface area (TPSA) is 78.9 Å². The van der Waals surface area contributed by atoms with E-state index in [9.17, 15) is 4.79 Å². The zero-order chi connectivity index (χ0) is 17.2. The molecule has 0 saturated carbocycles. The van der Waals surface area contributed by atoms with E-state index in [4.69, 9.17) is 0 Å². The molecule has 1 atom stereocenters. The molecule has 4 rings (SSSR count). The Kier molecular flexibility index (Phi) is 4.36. The standard InChI is InChI=1S/C19H23N5O/c1-12-8-14-9-13(2-3-16(14)23-12)17-10-22-18(11-21-17)19(25)24-15-4-6-20-7-5-15/h2-3,9-12,15,20,23H,4-8H2,1H3,(H,24,25)/t12-/m1/s1. The summed E-state index contributed by atoms with van der Waals surface area (Å²) in [6, 6.07) is 6.99. The smallest absolute Gasteiger partial charge is 0.271 e. The van der Waals surface area contributed by atoms with Gasteiger partial charge in [-0.15, -0.1) is 0 Å². The molecule has 1 fully saturated rings. The second kappa shape index (κ2) is 6.80. The van der Waals surface area contributed by atoms with Crippen LogP contribution in [-0.4, -0.2) is 41.0 Å². The highest BCUT2D eigenvalue weighted by Crippen LogP contribution is 2.29. The first-order chi connectivity index (χ1) is 12.2. The van der Waals surface area contributed by atoms with Gasteiger partial charge in [-0.2, -0.15) is 0 Å². The number of amides is 1. The summed E-state index contributed by atoms with van der Waals surface area (Å²) in [7, 11) is 0. The van der Waals surface area contributed by atoms with Crippen molar-refractivity contribution in [1.29, 1.82) is 0 Å². The third-order valence-electron chi connectivity index (χ3n) is 4.89. The fraction of sp³-hybridized carbons (Fsp3) is 0.421. The number of carbonyl (C=O) groups is 1. The molecule has 3 heterocycles. The number of hydrogen-bond donors (Lipinski definition) is 3. The lowest BCUT2D eigenvalue weighted by atomic mass is 10.1. The molecule has 1 aromatic carbocycles. The van der Waals surface area contributed by atoms with E-state index < -0.39 is 0 Å². The molecule has 0 spiro atoms. The molecule has 0 bridgehead atoms. The molecular weight excluding hydrogens is 314 g/mol. The van der Waals surface area contributed by atoms with E-state index in [1.807, 2.05) is 6.07 Å². The quantitative estimate of drug-likeness (QED) is 0.798. The molecule has 2 aromatic rings. The number of benzene rings is 1. The largest absolute Gasteiger partial charge is 0.382 e. The van der Waals surface area contributed by atoms with Gasteiger partial charge in [0.05, 0.1) is 18.1 Å². The van der Waals surface area contributed by atoms with Crippen molar-refractivity contribution < 1.29 is 4.79 Å². The Hall–Kier alpha value is -2.47. The lowest BCUT2D eigenvalue weighted by molar-refractivity contribution is 0.0924. The molecule has 6 nitrogen and oxygen atoms in total. The van der Waals surface area contributed by atoms with Gasteiger partial charge in [0.1, 0.15) is 5.69 Å². The first kappa shape index (κ1) is 16.0. The van der Waals surface area contributed by atoms with Gasteiger partial charge in [0.25, 0.3) is 5.91 Å². The highest BCUT2D eigenvalue weighted by molar-refractivity contribution is 5.92. The normalized spacial score (nSPS) is 20.0. The van der Waals surface area contributed by atoms with E-state index in [0.717, 1.165) is 43.6 Å². The van der Waals surface area contributed by atoms with Crippen molar-refractivity contribution in [2.75, 3.05) is 18.4 Å². The van der Waals surface area contributed by atoms with Crippen molar-refractivity contribution in [3.05, 3.63) is 41.9 Å². The van der Waals surface area contributed by atoms with Crippen LogP contribution >= 0.6 is 0 Å². The van der Waals surface area contributed by atoms with Crippen LogP contribution in [0.25, 0.3) is 11.3 Å². The van der Waals surface area contributed by atoms with Crippen LogP contribution in [0, 0.1) is 0 Å². The Morgan fingerprint density at radius 3 is 2.80 bits per heavy atom. The van der Waals surface area contributed by atoms with Crippen LogP contribution < -0.4 is 16.0 Å². The van der Waals surface area contributed by atoms with E-state index in [-0.39, 0.29) is 11.9 Å². The number of anilines is 1. The predicted octanol–water partition coefficient (Wildman–Crippen LogP) is 1.98. The first-order valence-electron chi connectivity index (χ1n) is 8.92. The van der Waals surface area contributed by atoms with Crippen LogP contribution in [0.1, 0.15) is 35.8 Å². The molecule has 0 unspecified atom stereocenters. The van der Waals surface area contributed by atoms with Crippen LogP contribution in [0.3, 0.4) is 0 Å². The maximum Gasteiger partial charge on any atom is 0.271 e. The molecule has 0 radical (unpaired) electrons. The first-order valence-corrected chi connectivity index (χ1v) is 8.92. The maximum atomic E-state index is 12.3. The molecule has 1 amide bonds. The van der Waals surface area contributed by atoms with Gasteiger partial charge in [-0.05, 0) is 57.0 Å². The summed E-state index contributed by atoms with van der Waals surface area (Å²) in [6.07, 6.45) is 6.19. The minimum atomic E-state index is -0.141. The summed E-state index contributed by atoms with van der Waals surface area (Å²) in [5.41, 5.74) is 4.70. The SMILES string of the molecule is C[C@@H]1Cc2cc(-c3cnc(C(=O)NC4CCNCC4)cn3)ccc2N1. The van der Waals surface area contributed by atoms with Crippen molar-refractivity contribution in [1.82, 2.24) is 20.6 Å². The van der Waals surface area contributed by atoms with Crippen molar-refractivity contribution in [3.63, 3.8) is 0 Å². The van der Waals surface area contributed by atoms with Crippen LogP contribution in [0.15, 0.2) is 30.6 Å². The van der Waals surface area contributed by atoms with Crippen LogP contribution in [0.4, 0.5) is 5.69 Å². The maximum absolute atomic E-state index is 12.3. The number of aromatic nitrogens is 2. The molecular formula is C19H23N5O. The van der Waals surface area contributed by atoms with E-state index in [2.05, 4.69) is 45.0 Å². The molecule has 1 saturated heterocycles. The number of piperidine rings is 1. The Balaban J connectivity index is 1.46. The zero-order valence-electron chi connectivity index (χ0n) is 14.4. The highest BCUT2D eigenvalue weighted by atomic mass is 16.1. The van der Waals surface area contributed by atoms with E-state index in [1.54, 1.807) is 12.4 Å². The summed E-state index contributed by atoms with van der Waals surface area (Å²) >= 11 is 0. The molecule has 25 heavy (non-hydrogen) atoms. The van der Waals surface area contributed by atoms with Gasteiger partial charge in [0, 0.05) is 23.3 Å². The lowest BCUT2D eigenvalue weighted by Crippen LogP contribution is -2.42. The summed E-state index contributed by atoms with van der Waals surface area (Å²) in [6.45, 7) is 4.07. The molecule has 1 aromatic heterocycles. The fourth-order valence-electron chi connectivity index (χ4n) is 3.53. The number of nitrogens with one attached hydrogen (secondary N) is 3. The van der Waals surface area contributed by atoms with Gasteiger partial charge in [0.2, 0.25) is 0 Å². The third kappa shape index (κ3) is 3.49.